The van der Waals surface area contributed by atoms with Gasteiger partial charge in [-0.15, -0.1) is 0 Å². The van der Waals surface area contributed by atoms with E-state index >= 15 is 0 Å². The van der Waals surface area contributed by atoms with Crippen LogP contribution in [0.2, 0.25) is 0 Å². The lowest BCUT2D eigenvalue weighted by atomic mass is 10.1. The molecule has 0 saturated carbocycles. The lowest BCUT2D eigenvalue weighted by Gasteiger charge is -2.04. The number of hydrogen-bond acceptors (Lipinski definition) is 2. The van der Waals surface area contributed by atoms with Crippen LogP contribution in [0.4, 0.5) is 13.2 Å². The van der Waals surface area contributed by atoms with E-state index in [0.717, 1.165) is 0 Å². The summed E-state index contributed by atoms with van der Waals surface area (Å²) in [6.07, 6.45) is 0. The molecule has 0 aliphatic heterocycles. The van der Waals surface area contributed by atoms with Gasteiger partial charge in [0.25, 0.3) is 10.5 Å². The molecule has 0 heterocycles. The Hall–Kier alpha value is -1.07. The molecule has 0 N–H and O–H groups in total. The Kier molecular flexibility index (Phi) is 3.36. The van der Waals surface area contributed by atoms with Crippen LogP contribution in [0.3, 0.4) is 0 Å². The van der Waals surface area contributed by atoms with Crippen molar-refractivity contribution in [2.45, 2.75) is 0 Å². The van der Waals surface area contributed by atoms with Gasteiger partial charge in [0.05, 0.1) is 0 Å². The fourth-order valence-corrected chi connectivity index (χ4v) is 1.30. The zero-order chi connectivity index (χ0) is 11.7. The summed E-state index contributed by atoms with van der Waals surface area (Å²) in [6, 6.07) is 0.161. The second-order valence-corrected chi connectivity index (χ2v) is 3.14. The van der Waals surface area contributed by atoms with Gasteiger partial charge in [-0.3, -0.25) is 9.59 Å². The predicted molar refractivity (Wildman–Crippen MR) is 46.7 cm³/mol. The number of halogens is 5. The highest BCUT2D eigenvalue weighted by Crippen LogP contribution is 2.23. The summed E-state index contributed by atoms with van der Waals surface area (Å²) in [5.41, 5.74) is -2.41. The second kappa shape index (κ2) is 4.20. The summed E-state index contributed by atoms with van der Waals surface area (Å²) < 4.78 is 38.9. The van der Waals surface area contributed by atoms with Crippen molar-refractivity contribution >= 4 is 33.7 Å². The SMILES string of the molecule is O=C(Cl)c1c(F)cc(F)c(C(=O)Cl)c1F. The Morgan fingerprint density at radius 3 is 1.53 bits per heavy atom. The molecule has 0 saturated heterocycles. The molecule has 15 heavy (non-hydrogen) atoms. The molecule has 2 nitrogen and oxygen atoms in total. The maximum Gasteiger partial charge on any atom is 0.258 e. The highest BCUT2D eigenvalue weighted by Gasteiger charge is 2.25. The normalized spacial score (nSPS) is 10.2. The molecule has 7 heteroatoms. The van der Waals surface area contributed by atoms with Crippen LogP contribution in [-0.4, -0.2) is 10.5 Å². The number of carbonyl (C=O) groups is 2. The van der Waals surface area contributed by atoms with Crippen LogP contribution in [0.15, 0.2) is 6.07 Å². The summed E-state index contributed by atoms with van der Waals surface area (Å²) in [6.45, 7) is 0. The van der Waals surface area contributed by atoms with E-state index in [0.29, 0.717) is 0 Å². The quantitative estimate of drug-likeness (QED) is 0.763. The first-order valence-corrected chi connectivity index (χ1v) is 4.19. The van der Waals surface area contributed by atoms with Crippen LogP contribution in [0.25, 0.3) is 0 Å². The summed E-state index contributed by atoms with van der Waals surface area (Å²) in [7, 11) is 0. The molecule has 1 aromatic carbocycles. The molecule has 0 radical (unpaired) electrons. The van der Waals surface area contributed by atoms with Gasteiger partial charge in [-0.25, -0.2) is 13.2 Å². The molecule has 80 valence electrons. The third-order valence-corrected chi connectivity index (χ3v) is 1.94. The molecule has 1 aromatic rings. The Morgan fingerprint density at radius 2 is 1.27 bits per heavy atom. The number of benzene rings is 1. The summed E-state index contributed by atoms with van der Waals surface area (Å²) in [4.78, 5) is 21.2. The standard InChI is InChI=1S/C8HCl2F3O2/c9-7(14)4-2(11)1-3(12)5(6(4)13)8(10)15/h1H. The minimum Gasteiger partial charge on any atom is -0.275 e. The molecule has 0 aliphatic carbocycles. The van der Waals surface area contributed by atoms with E-state index in [4.69, 9.17) is 23.2 Å². The minimum absolute atomic E-state index is 0.161. The Morgan fingerprint density at radius 1 is 0.933 bits per heavy atom. The van der Waals surface area contributed by atoms with Crippen molar-refractivity contribution in [2.75, 3.05) is 0 Å². The van der Waals surface area contributed by atoms with E-state index < -0.39 is 39.1 Å². The largest absolute Gasteiger partial charge is 0.275 e. The number of carbonyl (C=O) groups excluding carboxylic acids is 2. The van der Waals surface area contributed by atoms with Gasteiger partial charge < -0.3 is 0 Å². The van der Waals surface area contributed by atoms with Gasteiger partial charge in [0, 0.05) is 6.07 Å². The van der Waals surface area contributed by atoms with E-state index in [1.807, 2.05) is 0 Å². The molecule has 0 unspecified atom stereocenters. The van der Waals surface area contributed by atoms with Crippen LogP contribution in [0, 0.1) is 17.5 Å². The molecule has 0 spiro atoms. The van der Waals surface area contributed by atoms with Crippen LogP contribution < -0.4 is 0 Å². The van der Waals surface area contributed by atoms with Crippen molar-refractivity contribution in [1.82, 2.24) is 0 Å². The average molecular weight is 257 g/mol. The van der Waals surface area contributed by atoms with Crippen LogP contribution in [-0.2, 0) is 0 Å². The Bertz CT molecular complexity index is 421. The van der Waals surface area contributed by atoms with Gasteiger partial charge in [-0.1, -0.05) is 0 Å². The van der Waals surface area contributed by atoms with Gasteiger partial charge in [-0.05, 0) is 23.2 Å². The molecule has 0 fully saturated rings. The van der Waals surface area contributed by atoms with Crippen LogP contribution in [0.5, 0.6) is 0 Å². The Balaban J connectivity index is 3.64. The molecule has 0 bridgehead atoms. The van der Waals surface area contributed by atoms with E-state index in [-0.39, 0.29) is 6.07 Å². The van der Waals surface area contributed by atoms with Crippen molar-refractivity contribution in [3.63, 3.8) is 0 Å². The van der Waals surface area contributed by atoms with Crippen molar-refractivity contribution < 1.29 is 22.8 Å². The number of hydrogen-bond donors (Lipinski definition) is 0. The third-order valence-electron chi connectivity index (χ3n) is 1.56. The first kappa shape index (κ1) is 12.0. The summed E-state index contributed by atoms with van der Waals surface area (Å²) >= 11 is 9.69. The average Bonchev–Trinajstić information content (AvgIpc) is 1.99. The Labute approximate surface area is 91.6 Å². The van der Waals surface area contributed by atoms with Crippen molar-refractivity contribution in [1.29, 1.82) is 0 Å². The highest BCUT2D eigenvalue weighted by atomic mass is 35.5. The van der Waals surface area contributed by atoms with E-state index in [1.165, 1.54) is 0 Å². The predicted octanol–water partition coefficient (Wildman–Crippen LogP) is 2.86. The van der Waals surface area contributed by atoms with Gasteiger partial charge in [0.2, 0.25) is 0 Å². The molecule has 0 atom stereocenters. The first-order chi connectivity index (χ1) is 6.86. The molecule has 1 rings (SSSR count). The van der Waals surface area contributed by atoms with Gasteiger partial charge in [0.15, 0.2) is 5.82 Å². The van der Waals surface area contributed by atoms with E-state index in [9.17, 15) is 22.8 Å². The van der Waals surface area contributed by atoms with Crippen molar-refractivity contribution in [3.8, 4) is 0 Å². The molecular formula is C8HCl2F3O2. The second-order valence-electron chi connectivity index (χ2n) is 2.45. The fourth-order valence-electron chi connectivity index (χ4n) is 0.951. The lowest BCUT2D eigenvalue weighted by Crippen LogP contribution is -2.08. The summed E-state index contributed by atoms with van der Waals surface area (Å²) in [5.74, 6) is -4.69. The van der Waals surface area contributed by atoms with Gasteiger partial charge in [-0.2, -0.15) is 0 Å². The summed E-state index contributed by atoms with van der Waals surface area (Å²) in [5, 5.41) is -2.96. The highest BCUT2D eigenvalue weighted by molar-refractivity contribution is 6.69. The maximum absolute atomic E-state index is 13.2. The molecule has 0 aliphatic rings. The van der Waals surface area contributed by atoms with E-state index in [1.54, 1.807) is 0 Å². The first-order valence-electron chi connectivity index (χ1n) is 3.43. The topological polar surface area (TPSA) is 34.1 Å². The minimum atomic E-state index is -1.70. The van der Waals surface area contributed by atoms with Crippen molar-refractivity contribution in [3.05, 3.63) is 34.6 Å². The van der Waals surface area contributed by atoms with Gasteiger partial charge in [0.1, 0.15) is 22.8 Å². The lowest BCUT2D eigenvalue weighted by molar-refractivity contribution is 0.107. The monoisotopic (exact) mass is 256 g/mol. The third kappa shape index (κ3) is 2.13. The van der Waals surface area contributed by atoms with Crippen LogP contribution >= 0.6 is 23.2 Å². The fraction of sp³-hybridized carbons (Fsp3) is 0. The van der Waals surface area contributed by atoms with Gasteiger partial charge >= 0.3 is 0 Å². The van der Waals surface area contributed by atoms with Crippen molar-refractivity contribution in [2.24, 2.45) is 0 Å². The smallest absolute Gasteiger partial charge is 0.258 e. The zero-order valence-corrected chi connectivity index (χ0v) is 8.30. The van der Waals surface area contributed by atoms with E-state index in [2.05, 4.69) is 0 Å². The molecule has 0 amide bonds. The number of rotatable bonds is 2. The maximum atomic E-state index is 13.2. The zero-order valence-electron chi connectivity index (χ0n) is 6.78. The molecule has 0 aromatic heterocycles. The van der Waals surface area contributed by atoms with Crippen LogP contribution in [0.1, 0.15) is 20.7 Å². The molecular weight excluding hydrogens is 256 g/mol.